The molecule has 0 spiro atoms. The summed E-state index contributed by atoms with van der Waals surface area (Å²) in [7, 11) is 0. The summed E-state index contributed by atoms with van der Waals surface area (Å²) in [4.78, 5) is 39.1. The lowest BCUT2D eigenvalue weighted by molar-refractivity contribution is -0.135. The molecule has 1 atom stereocenters. The van der Waals surface area contributed by atoms with Gasteiger partial charge >= 0.3 is 6.03 Å². The Morgan fingerprint density at radius 3 is 2.60 bits per heavy atom. The maximum atomic E-state index is 13.1. The number of nitrogens with one attached hydrogen (secondary N) is 2. The molecule has 2 fully saturated rings. The summed E-state index contributed by atoms with van der Waals surface area (Å²) in [6.45, 7) is 2.21. The molecule has 2 heterocycles. The largest absolute Gasteiger partial charge is 0.490 e. The van der Waals surface area contributed by atoms with Crippen molar-refractivity contribution in [3.8, 4) is 17.6 Å². The van der Waals surface area contributed by atoms with Gasteiger partial charge in [0.2, 0.25) is 5.91 Å². The first kappa shape index (κ1) is 20.0. The van der Waals surface area contributed by atoms with Crippen LogP contribution < -0.4 is 20.1 Å². The molecule has 9 nitrogen and oxygen atoms in total. The average molecular weight is 412 g/mol. The summed E-state index contributed by atoms with van der Waals surface area (Å²) in [5, 5.41) is 14.8. The number of amides is 4. The SMILES string of the molecule is C[C@@]1(c2ccc3c(c2)OCCCO3)NC(=O)N(CC(=O)NC2(C#N)CCCC2)C1=O. The number of imide groups is 1. The number of benzene rings is 1. The van der Waals surface area contributed by atoms with Crippen LogP contribution in [0.25, 0.3) is 0 Å². The smallest absolute Gasteiger partial charge is 0.325 e. The normalized spacial score (nSPS) is 24.7. The number of ether oxygens (including phenoxy) is 2. The van der Waals surface area contributed by atoms with Crippen LogP contribution in [0.4, 0.5) is 4.79 Å². The summed E-state index contributed by atoms with van der Waals surface area (Å²) in [5.41, 5.74) is -1.70. The number of hydrogen-bond acceptors (Lipinski definition) is 6. The van der Waals surface area contributed by atoms with Crippen molar-refractivity contribution < 1.29 is 23.9 Å². The van der Waals surface area contributed by atoms with E-state index in [0.717, 1.165) is 24.2 Å². The van der Waals surface area contributed by atoms with Crippen molar-refractivity contribution in [3.05, 3.63) is 23.8 Å². The zero-order valence-corrected chi connectivity index (χ0v) is 16.8. The molecule has 2 aliphatic heterocycles. The van der Waals surface area contributed by atoms with E-state index < -0.39 is 35.5 Å². The van der Waals surface area contributed by atoms with Crippen LogP contribution in [0.3, 0.4) is 0 Å². The second-order valence-corrected chi connectivity index (χ2v) is 8.11. The molecule has 0 aromatic heterocycles. The number of nitrogens with zero attached hydrogens (tertiary/aromatic N) is 2. The predicted molar refractivity (Wildman–Crippen MR) is 105 cm³/mol. The van der Waals surface area contributed by atoms with Gasteiger partial charge in [-0.05, 0) is 50.3 Å². The van der Waals surface area contributed by atoms with Gasteiger partial charge in [0.15, 0.2) is 11.5 Å². The van der Waals surface area contributed by atoms with E-state index in [2.05, 4.69) is 16.7 Å². The molecule has 30 heavy (non-hydrogen) atoms. The van der Waals surface area contributed by atoms with E-state index in [-0.39, 0.29) is 0 Å². The Balaban J connectivity index is 1.51. The number of hydrogen-bond donors (Lipinski definition) is 2. The fourth-order valence-electron chi connectivity index (χ4n) is 4.20. The topological polar surface area (TPSA) is 121 Å². The van der Waals surface area contributed by atoms with Crippen LogP contribution >= 0.6 is 0 Å². The third kappa shape index (κ3) is 3.43. The summed E-state index contributed by atoms with van der Waals surface area (Å²) in [6.07, 6.45) is 3.62. The van der Waals surface area contributed by atoms with Crippen LogP contribution in [0, 0.1) is 11.3 Å². The molecule has 3 aliphatic rings. The van der Waals surface area contributed by atoms with E-state index in [1.54, 1.807) is 25.1 Å². The Morgan fingerprint density at radius 2 is 1.90 bits per heavy atom. The van der Waals surface area contributed by atoms with Crippen LogP contribution in [0.5, 0.6) is 11.5 Å². The van der Waals surface area contributed by atoms with Crippen molar-refractivity contribution in [1.82, 2.24) is 15.5 Å². The molecule has 0 radical (unpaired) electrons. The minimum Gasteiger partial charge on any atom is -0.490 e. The molecule has 4 amide bonds. The van der Waals surface area contributed by atoms with E-state index in [1.165, 1.54) is 0 Å². The molecule has 1 aliphatic carbocycles. The van der Waals surface area contributed by atoms with E-state index in [9.17, 15) is 19.6 Å². The van der Waals surface area contributed by atoms with Crippen molar-refractivity contribution in [2.75, 3.05) is 19.8 Å². The number of rotatable bonds is 4. The molecule has 158 valence electrons. The Labute approximate surface area is 174 Å². The molecule has 1 saturated heterocycles. The van der Waals surface area contributed by atoms with Crippen molar-refractivity contribution in [2.24, 2.45) is 0 Å². The summed E-state index contributed by atoms with van der Waals surface area (Å²) >= 11 is 0. The van der Waals surface area contributed by atoms with Gasteiger partial charge in [-0.15, -0.1) is 0 Å². The van der Waals surface area contributed by atoms with Crippen molar-refractivity contribution in [1.29, 1.82) is 5.26 Å². The van der Waals surface area contributed by atoms with Gasteiger partial charge in [-0.1, -0.05) is 6.07 Å². The first-order chi connectivity index (χ1) is 14.4. The van der Waals surface area contributed by atoms with Crippen LogP contribution in [-0.4, -0.2) is 48.0 Å². The quantitative estimate of drug-likeness (QED) is 0.724. The number of nitriles is 1. The lowest BCUT2D eigenvalue weighted by atomic mass is 9.91. The second kappa shape index (κ2) is 7.52. The highest BCUT2D eigenvalue weighted by molar-refractivity contribution is 6.09. The Kier molecular flexibility index (Phi) is 5.02. The highest BCUT2D eigenvalue weighted by Gasteiger charge is 2.50. The van der Waals surface area contributed by atoms with Gasteiger partial charge in [-0.3, -0.25) is 14.5 Å². The Bertz CT molecular complexity index is 934. The van der Waals surface area contributed by atoms with Crippen molar-refractivity contribution in [3.63, 3.8) is 0 Å². The van der Waals surface area contributed by atoms with Gasteiger partial charge in [-0.25, -0.2) is 4.79 Å². The van der Waals surface area contributed by atoms with Gasteiger partial charge < -0.3 is 20.1 Å². The lowest BCUT2D eigenvalue weighted by Crippen LogP contribution is -2.50. The van der Waals surface area contributed by atoms with Crippen LogP contribution in [0.2, 0.25) is 0 Å². The maximum Gasteiger partial charge on any atom is 0.325 e. The zero-order chi connectivity index (χ0) is 21.4. The fourth-order valence-corrected chi connectivity index (χ4v) is 4.20. The fraction of sp³-hybridized carbons (Fsp3) is 0.524. The highest BCUT2D eigenvalue weighted by Crippen LogP contribution is 2.36. The van der Waals surface area contributed by atoms with Crippen molar-refractivity contribution >= 4 is 17.8 Å². The number of fused-ring (bicyclic) bond motifs is 1. The third-order valence-corrected chi connectivity index (χ3v) is 5.95. The highest BCUT2D eigenvalue weighted by atomic mass is 16.5. The van der Waals surface area contributed by atoms with Crippen molar-refractivity contribution in [2.45, 2.75) is 50.1 Å². The van der Waals surface area contributed by atoms with Crippen LogP contribution in [-0.2, 0) is 15.1 Å². The minimum absolute atomic E-state index is 0.436. The minimum atomic E-state index is -1.33. The molecular weight excluding hydrogens is 388 g/mol. The standard InChI is InChI=1S/C21H24N4O5/c1-20(14-5-6-15-16(11-14)30-10-4-9-29-15)18(27)25(19(28)24-20)12-17(26)23-21(13-22)7-2-3-8-21/h5-6,11H,2-4,7-10,12H2,1H3,(H,23,26)(H,24,28)/t20-/m0/s1. The predicted octanol–water partition coefficient (Wildman–Crippen LogP) is 1.57. The van der Waals surface area contributed by atoms with Gasteiger partial charge in [0.25, 0.3) is 5.91 Å². The van der Waals surface area contributed by atoms with E-state index in [4.69, 9.17) is 9.47 Å². The summed E-state index contributed by atoms with van der Waals surface area (Å²) < 4.78 is 11.3. The first-order valence-electron chi connectivity index (χ1n) is 10.1. The molecule has 1 saturated carbocycles. The number of carbonyl (C=O) groups is 3. The summed E-state index contributed by atoms with van der Waals surface area (Å²) in [5.74, 6) is 0.0484. The van der Waals surface area contributed by atoms with Crippen LogP contribution in [0.1, 0.15) is 44.6 Å². The molecule has 4 rings (SSSR count). The second-order valence-electron chi connectivity index (χ2n) is 8.11. The van der Waals surface area contributed by atoms with E-state index in [0.29, 0.717) is 43.1 Å². The van der Waals surface area contributed by atoms with Crippen LogP contribution in [0.15, 0.2) is 18.2 Å². The zero-order valence-electron chi connectivity index (χ0n) is 16.8. The molecular formula is C21H24N4O5. The van der Waals surface area contributed by atoms with Gasteiger partial charge in [-0.2, -0.15) is 5.26 Å². The summed E-state index contributed by atoms with van der Waals surface area (Å²) in [6, 6.07) is 6.63. The first-order valence-corrected chi connectivity index (χ1v) is 10.1. The molecule has 2 N–H and O–H groups in total. The lowest BCUT2D eigenvalue weighted by Gasteiger charge is -2.25. The number of carbonyl (C=O) groups excluding carboxylic acids is 3. The molecule has 1 aromatic carbocycles. The molecule has 0 unspecified atom stereocenters. The third-order valence-electron chi connectivity index (χ3n) is 5.95. The molecule has 0 bridgehead atoms. The van der Waals surface area contributed by atoms with E-state index >= 15 is 0 Å². The average Bonchev–Trinajstić information content (AvgIpc) is 3.17. The Hall–Kier alpha value is -3.28. The van der Waals surface area contributed by atoms with Gasteiger partial charge in [0.05, 0.1) is 19.3 Å². The van der Waals surface area contributed by atoms with Gasteiger partial charge in [0, 0.05) is 6.42 Å². The maximum absolute atomic E-state index is 13.1. The molecule has 9 heteroatoms. The monoisotopic (exact) mass is 412 g/mol. The number of urea groups is 1. The molecule has 1 aromatic rings. The van der Waals surface area contributed by atoms with Gasteiger partial charge in [0.1, 0.15) is 17.6 Å². The van der Waals surface area contributed by atoms with E-state index in [1.807, 2.05) is 0 Å². The Morgan fingerprint density at radius 1 is 1.20 bits per heavy atom.